The second-order valence-corrected chi connectivity index (χ2v) is 4.75. The Morgan fingerprint density at radius 3 is 2.67 bits per heavy atom. The normalized spacial score (nSPS) is 19.9. The molecule has 0 bridgehead atoms. The van der Waals surface area contributed by atoms with Gasteiger partial charge in [0.2, 0.25) is 0 Å². The maximum atomic E-state index is 11.3. The molecule has 0 aromatic rings. The number of hydrogen-bond acceptors (Lipinski definition) is 2. The van der Waals surface area contributed by atoms with E-state index in [1.54, 1.807) is 0 Å². The van der Waals surface area contributed by atoms with Gasteiger partial charge < -0.3 is 0 Å². The van der Waals surface area contributed by atoms with E-state index in [2.05, 4.69) is 6.92 Å². The minimum absolute atomic E-state index is 0.311. The average Bonchev–Trinajstić information content (AvgIpc) is 2.53. The number of hydrogen-bond donors (Lipinski definition) is 0. The summed E-state index contributed by atoms with van der Waals surface area (Å²) < 4.78 is 16.7. The van der Waals surface area contributed by atoms with Crippen LogP contribution < -0.4 is 0 Å². The second-order valence-electron chi connectivity index (χ2n) is 3.42. The van der Waals surface area contributed by atoms with Gasteiger partial charge in [0.1, 0.15) is 6.10 Å². The van der Waals surface area contributed by atoms with Gasteiger partial charge in [0.25, 0.3) is 0 Å². The molecule has 0 aliphatic heterocycles. The lowest BCUT2D eigenvalue weighted by molar-refractivity contribution is 0.223. The Balaban J connectivity index is 2.08. The molecule has 0 spiro atoms. The molecule has 1 aliphatic carbocycles. The minimum Gasteiger partial charge on any atom is -0.143 e. The van der Waals surface area contributed by atoms with Gasteiger partial charge in [-0.1, -0.05) is 26.2 Å². The molecule has 70 valence electrons. The highest BCUT2D eigenvalue weighted by Gasteiger charge is 2.26. The fraction of sp³-hybridized carbons (Fsp3) is 1.00. The molecule has 0 amide bonds. The molecule has 0 aromatic carbocycles. The highest BCUT2D eigenvalue weighted by Crippen LogP contribution is 2.32. The average molecular weight is 189 g/mol. The van der Waals surface area contributed by atoms with Crippen LogP contribution in [0.5, 0.6) is 0 Å². The molecule has 1 aliphatic rings. The van der Waals surface area contributed by atoms with Crippen molar-refractivity contribution in [1.82, 2.24) is 0 Å². The van der Waals surface area contributed by atoms with Gasteiger partial charge in [0, 0.05) is 0 Å². The summed E-state index contributed by atoms with van der Waals surface area (Å²) in [6, 6.07) is 0. The van der Waals surface area contributed by atoms with Crippen molar-refractivity contribution in [3.8, 4) is 0 Å². The second kappa shape index (κ2) is 5.66. The van der Waals surface area contributed by atoms with Gasteiger partial charge in [0.05, 0.1) is 0 Å². The van der Waals surface area contributed by atoms with Crippen LogP contribution in [-0.4, -0.2) is 12.3 Å². The zero-order valence-corrected chi connectivity index (χ0v) is 8.69. The summed E-state index contributed by atoms with van der Waals surface area (Å²) in [6.07, 6.45) is 7.94. The van der Waals surface area contributed by atoms with Crippen molar-refractivity contribution in [2.24, 2.45) is 0 Å². The Labute approximate surface area is 75.6 Å². The van der Waals surface area contributed by atoms with Crippen LogP contribution in [0.3, 0.4) is 0 Å². The Hall–Kier alpha value is 0.0600. The van der Waals surface area contributed by atoms with Gasteiger partial charge in [-0.15, -0.1) is 4.52 Å². The summed E-state index contributed by atoms with van der Waals surface area (Å²) in [5, 5.41) is 0. The molecule has 2 nitrogen and oxygen atoms in total. The van der Waals surface area contributed by atoms with E-state index in [9.17, 15) is 4.57 Å². The summed E-state index contributed by atoms with van der Waals surface area (Å²) in [6.45, 7) is 2.11. The van der Waals surface area contributed by atoms with Crippen LogP contribution in [0, 0.1) is 0 Å². The van der Waals surface area contributed by atoms with E-state index >= 15 is 0 Å². The monoisotopic (exact) mass is 189 g/mol. The molecule has 0 heterocycles. The molecule has 1 rings (SSSR count). The predicted octanol–water partition coefficient (Wildman–Crippen LogP) is 3.49. The van der Waals surface area contributed by atoms with Gasteiger partial charge in [-0.25, -0.2) is 0 Å². The first-order chi connectivity index (χ1) is 5.83. The standard InChI is InChI=1S/C9H18O2P/c1-2-3-8-12(10)11-9-6-4-5-7-9/h9H,2-8H2,1H3/q+1. The lowest BCUT2D eigenvalue weighted by Crippen LogP contribution is -2.01. The van der Waals surface area contributed by atoms with Crippen molar-refractivity contribution in [3.63, 3.8) is 0 Å². The van der Waals surface area contributed by atoms with Crippen LogP contribution in [0.25, 0.3) is 0 Å². The Bertz CT molecular complexity index is 141. The summed E-state index contributed by atoms with van der Waals surface area (Å²) in [7, 11) is -1.35. The van der Waals surface area contributed by atoms with E-state index < -0.39 is 8.03 Å². The fourth-order valence-electron chi connectivity index (χ4n) is 1.50. The molecule has 0 N–H and O–H groups in total. The van der Waals surface area contributed by atoms with E-state index in [1.165, 1.54) is 12.8 Å². The molecule has 1 fully saturated rings. The Morgan fingerprint density at radius 2 is 2.08 bits per heavy atom. The summed E-state index contributed by atoms with van der Waals surface area (Å²) in [5.74, 6) is 0. The quantitative estimate of drug-likeness (QED) is 0.619. The maximum Gasteiger partial charge on any atom is 0.508 e. The topological polar surface area (TPSA) is 26.3 Å². The highest BCUT2D eigenvalue weighted by atomic mass is 31.1. The van der Waals surface area contributed by atoms with Crippen LogP contribution in [0.4, 0.5) is 0 Å². The summed E-state index contributed by atoms with van der Waals surface area (Å²) >= 11 is 0. The third-order valence-electron chi connectivity index (χ3n) is 2.26. The molecular formula is C9H18O2P+. The van der Waals surface area contributed by atoms with Gasteiger partial charge in [-0.3, -0.25) is 0 Å². The van der Waals surface area contributed by atoms with Crippen LogP contribution in [-0.2, 0) is 9.09 Å². The first-order valence-electron chi connectivity index (χ1n) is 4.94. The fourth-order valence-corrected chi connectivity index (χ4v) is 2.72. The van der Waals surface area contributed by atoms with E-state index in [0.717, 1.165) is 31.8 Å². The maximum absolute atomic E-state index is 11.3. The van der Waals surface area contributed by atoms with Crippen molar-refractivity contribution in [1.29, 1.82) is 0 Å². The third kappa shape index (κ3) is 3.64. The first-order valence-corrected chi connectivity index (χ1v) is 6.30. The van der Waals surface area contributed by atoms with Crippen molar-refractivity contribution in [2.45, 2.75) is 51.6 Å². The lowest BCUT2D eigenvalue weighted by atomic mass is 10.3. The highest BCUT2D eigenvalue weighted by molar-refractivity contribution is 7.39. The molecule has 0 aromatic heterocycles. The van der Waals surface area contributed by atoms with Crippen LogP contribution >= 0.6 is 8.03 Å². The van der Waals surface area contributed by atoms with Crippen LogP contribution in [0.2, 0.25) is 0 Å². The van der Waals surface area contributed by atoms with Crippen molar-refractivity contribution in [2.75, 3.05) is 6.16 Å². The Kier molecular flexibility index (Phi) is 4.79. The number of unbranched alkanes of at least 4 members (excludes halogenated alkanes) is 1. The van der Waals surface area contributed by atoms with E-state index in [1.807, 2.05) is 0 Å². The van der Waals surface area contributed by atoms with Gasteiger partial charge in [-0.2, -0.15) is 0 Å². The number of rotatable bonds is 5. The van der Waals surface area contributed by atoms with E-state index in [0.29, 0.717) is 6.10 Å². The first kappa shape index (κ1) is 10.1. The van der Waals surface area contributed by atoms with Crippen LogP contribution in [0.15, 0.2) is 0 Å². The summed E-state index contributed by atoms with van der Waals surface area (Å²) in [5.41, 5.74) is 0. The smallest absolute Gasteiger partial charge is 0.143 e. The molecule has 3 heteroatoms. The van der Waals surface area contributed by atoms with E-state index in [4.69, 9.17) is 4.52 Å². The lowest BCUT2D eigenvalue weighted by Gasteiger charge is -1.98. The summed E-state index contributed by atoms with van der Waals surface area (Å²) in [4.78, 5) is 0. The SMILES string of the molecule is CCCC[P+](=O)OC1CCCC1. The molecule has 0 saturated heterocycles. The van der Waals surface area contributed by atoms with Gasteiger partial charge >= 0.3 is 8.03 Å². The zero-order chi connectivity index (χ0) is 8.81. The van der Waals surface area contributed by atoms with Crippen molar-refractivity contribution >= 4 is 8.03 Å². The Morgan fingerprint density at radius 1 is 1.42 bits per heavy atom. The van der Waals surface area contributed by atoms with E-state index in [-0.39, 0.29) is 0 Å². The van der Waals surface area contributed by atoms with Gasteiger partial charge in [0.15, 0.2) is 6.16 Å². The minimum atomic E-state index is -1.35. The molecule has 1 saturated carbocycles. The largest absolute Gasteiger partial charge is 0.508 e. The molecule has 12 heavy (non-hydrogen) atoms. The van der Waals surface area contributed by atoms with Crippen LogP contribution in [0.1, 0.15) is 45.4 Å². The van der Waals surface area contributed by atoms with Crippen molar-refractivity contribution < 1.29 is 9.09 Å². The molecule has 1 atom stereocenters. The van der Waals surface area contributed by atoms with Crippen molar-refractivity contribution in [3.05, 3.63) is 0 Å². The predicted molar refractivity (Wildman–Crippen MR) is 50.7 cm³/mol. The van der Waals surface area contributed by atoms with Gasteiger partial charge in [-0.05, 0) is 23.8 Å². The molecule has 0 radical (unpaired) electrons. The molecule has 1 unspecified atom stereocenters. The third-order valence-corrected chi connectivity index (χ3v) is 3.48. The molecular weight excluding hydrogens is 171 g/mol. The zero-order valence-electron chi connectivity index (χ0n) is 7.79.